The molecule has 17 heavy (non-hydrogen) atoms. The number of amides is 1. The van der Waals surface area contributed by atoms with Crippen LogP contribution in [-0.2, 0) is 0 Å². The number of H-pyrrole nitrogens is 1. The van der Waals surface area contributed by atoms with Crippen LogP contribution in [-0.4, -0.2) is 34.9 Å². The highest BCUT2D eigenvalue weighted by Gasteiger charge is 2.32. The molecule has 0 aromatic carbocycles. The van der Waals surface area contributed by atoms with Gasteiger partial charge in [0.15, 0.2) is 0 Å². The molecule has 0 atom stereocenters. The Morgan fingerprint density at radius 1 is 1.47 bits per heavy atom. The van der Waals surface area contributed by atoms with Crippen LogP contribution in [0.5, 0.6) is 0 Å². The first-order valence-corrected chi connectivity index (χ1v) is 5.93. The zero-order chi connectivity index (χ0) is 12.3. The van der Waals surface area contributed by atoms with Gasteiger partial charge in [0.25, 0.3) is 5.91 Å². The molecule has 92 valence electrons. The number of carbonyl (C=O) groups excluding carboxylic acids is 1. The van der Waals surface area contributed by atoms with Gasteiger partial charge in [-0.15, -0.1) is 0 Å². The average molecular weight is 235 g/mol. The number of nitrogens with zero attached hydrogens (tertiary/aromatic N) is 1. The number of carbonyl (C=O) groups is 1. The molecular formula is C12H17N3O2. The molecule has 1 aromatic rings. The van der Waals surface area contributed by atoms with E-state index < -0.39 is 0 Å². The minimum atomic E-state index is -0.245. The number of nitrogens with two attached hydrogens (primary N) is 1. The summed E-state index contributed by atoms with van der Waals surface area (Å²) in [6, 6.07) is 4.97. The molecular weight excluding hydrogens is 218 g/mol. The lowest BCUT2D eigenvalue weighted by molar-refractivity contribution is 0.0736. The summed E-state index contributed by atoms with van der Waals surface area (Å²) in [6.45, 7) is 1.23. The monoisotopic (exact) mass is 235 g/mol. The Labute approximate surface area is 99.6 Å². The molecule has 5 nitrogen and oxygen atoms in total. The van der Waals surface area contributed by atoms with Gasteiger partial charge >= 0.3 is 0 Å². The van der Waals surface area contributed by atoms with E-state index in [1.165, 1.54) is 6.07 Å². The van der Waals surface area contributed by atoms with Crippen LogP contribution < -0.4 is 11.3 Å². The van der Waals surface area contributed by atoms with Gasteiger partial charge in [0.2, 0.25) is 5.56 Å². The minimum Gasteiger partial charge on any atom is -0.334 e. The molecule has 1 heterocycles. The summed E-state index contributed by atoms with van der Waals surface area (Å²) in [5, 5.41) is 0. The minimum absolute atomic E-state index is 0.0985. The largest absolute Gasteiger partial charge is 0.334 e. The summed E-state index contributed by atoms with van der Waals surface area (Å²) in [6.07, 6.45) is 2.89. The first-order chi connectivity index (χ1) is 8.22. The number of hydrogen-bond acceptors (Lipinski definition) is 3. The Balaban J connectivity index is 2.12. The number of nitrogens with one attached hydrogen (secondary N) is 1. The van der Waals surface area contributed by atoms with Crippen molar-refractivity contribution in [2.75, 3.05) is 13.1 Å². The highest BCUT2D eigenvalue weighted by atomic mass is 16.2. The van der Waals surface area contributed by atoms with Crippen molar-refractivity contribution in [3.05, 3.63) is 34.2 Å². The molecule has 2 rings (SSSR count). The maximum absolute atomic E-state index is 12.2. The Morgan fingerprint density at radius 2 is 2.24 bits per heavy atom. The maximum Gasteiger partial charge on any atom is 0.270 e. The molecule has 1 amide bonds. The molecule has 0 bridgehead atoms. The predicted molar refractivity (Wildman–Crippen MR) is 64.8 cm³/mol. The molecule has 1 aliphatic carbocycles. The van der Waals surface area contributed by atoms with E-state index in [0.29, 0.717) is 24.8 Å². The molecule has 5 heteroatoms. The number of pyridine rings is 1. The summed E-state index contributed by atoms with van der Waals surface area (Å²) in [7, 11) is 0. The maximum atomic E-state index is 12.2. The second-order valence-electron chi connectivity index (χ2n) is 4.30. The normalized spacial score (nSPS) is 14.6. The van der Waals surface area contributed by atoms with Gasteiger partial charge in [0, 0.05) is 18.7 Å². The third-order valence-corrected chi connectivity index (χ3v) is 2.85. The molecule has 1 aliphatic rings. The lowest BCUT2D eigenvalue weighted by atomic mass is 10.3. The Kier molecular flexibility index (Phi) is 3.58. The smallest absolute Gasteiger partial charge is 0.270 e. The fraction of sp³-hybridized carbons (Fsp3) is 0.500. The number of aromatic nitrogens is 1. The van der Waals surface area contributed by atoms with Gasteiger partial charge in [0.05, 0.1) is 0 Å². The molecule has 0 radical (unpaired) electrons. The van der Waals surface area contributed by atoms with Crippen LogP contribution in [0.15, 0.2) is 23.0 Å². The summed E-state index contributed by atoms with van der Waals surface area (Å²) >= 11 is 0. The molecule has 1 saturated carbocycles. The molecule has 0 spiro atoms. The molecule has 0 saturated heterocycles. The van der Waals surface area contributed by atoms with Crippen LogP contribution in [0, 0.1) is 0 Å². The van der Waals surface area contributed by atoms with E-state index in [1.54, 1.807) is 12.1 Å². The van der Waals surface area contributed by atoms with Crippen molar-refractivity contribution >= 4 is 5.91 Å². The number of aromatic amines is 1. The van der Waals surface area contributed by atoms with Crippen LogP contribution in [0.25, 0.3) is 0 Å². The lowest BCUT2D eigenvalue weighted by Crippen LogP contribution is -2.36. The fourth-order valence-corrected chi connectivity index (χ4v) is 1.83. The Bertz CT molecular complexity index is 451. The third kappa shape index (κ3) is 2.94. The van der Waals surface area contributed by atoms with E-state index in [4.69, 9.17) is 5.73 Å². The first-order valence-electron chi connectivity index (χ1n) is 5.93. The number of hydrogen-bond donors (Lipinski definition) is 2. The lowest BCUT2D eigenvalue weighted by Gasteiger charge is -2.21. The van der Waals surface area contributed by atoms with E-state index in [9.17, 15) is 9.59 Å². The highest BCUT2D eigenvalue weighted by molar-refractivity contribution is 5.92. The predicted octanol–water partition coefficient (Wildman–Crippen LogP) is 0.328. The van der Waals surface area contributed by atoms with Gasteiger partial charge in [-0.05, 0) is 31.9 Å². The molecule has 3 N–H and O–H groups in total. The van der Waals surface area contributed by atoms with Crippen molar-refractivity contribution < 1.29 is 4.79 Å². The molecule has 0 unspecified atom stereocenters. The topological polar surface area (TPSA) is 79.2 Å². The zero-order valence-electron chi connectivity index (χ0n) is 9.69. The SMILES string of the molecule is NCCCN(C(=O)c1cccc(=O)[nH]1)C1CC1. The van der Waals surface area contributed by atoms with E-state index in [1.807, 2.05) is 4.90 Å². The summed E-state index contributed by atoms with van der Waals surface area (Å²) in [5.74, 6) is -0.0985. The molecule has 1 aromatic heterocycles. The van der Waals surface area contributed by atoms with Crippen molar-refractivity contribution in [3.8, 4) is 0 Å². The van der Waals surface area contributed by atoms with Gasteiger partial charge in [0.1, 0.15) is 5.69 Å². The van der Waals surface area contributed by atoms with Crippen LogP contribution in [0.1, 0.15) is 29.8 Å². The van der Waals surface area contributed by atoms with Gasteiger partial charge in [-0.25, -0.2) is 0 Å². The van der Waals surface area contributed by atoms with Crippen molar-refractivity contribution in [2.45, 2.75) is 25.3 Å². The van der Waals surface area contributed by atoms with Crippen LogP contribution >= 0.6 is 0 Å². The number of rotatable bonds is 5. The van der Waals surface area contributed by atoms with E-state index in [-0.39, 0.29) is 11.5 Å². The second-order valence-corrected chi connectivity index (χ2v) is 4.30. The van der Waals surface area contributed by atoms with Gasteiger partial charge in [-0.3, -0.25) is 9.59 Å². The van der Waals surface area contributed by atoms with E-state index in [2.05, 4.69) is 4.98 Å². The standard InChI is InChI=1S/C12H17N3O2/c13-7-2-8-15(9-5-6-9)12(17)10-3-1-4-11(16)14-10/h1,3-4,9H,2,5-8,13H2,(H,14,16). The quantitative estimate of drug-likeness (QED) is 0.771. The van der Waals surface area contributed by atoms with Crippen molar-refractivity contribution in [1.29, 1.82) is 0 Å². The molecule has 0 aliphatic heterocycles. The van der Waals surface area contributed by atoms with Crippen LogP contribution in [0.3, 0.4) is 0 Å². The van der Waals surface area contributed by atoms with Crippen molar-refractivity contribution in [1.82, 2.24) is 9.88 Å². The Hall–Kier alpha value is -1.62. The zero-order valence-corrected chi connectivity index (χ0v) is 9.69. The Morgan fingerprint density at radius 3 is 2.82 bits per heavy atom. The summed E-state index contributed by atoms with van der Waals surface area (Å²) in [5.41, 5.74) is 5.58. The van der Waals surface area contributed by atoms with Crippen LogP contribution in [0.2, 0.25) is 0 Å². The van der Waals surface area contributed by atoms with Crippen LogP contribution in [0.4, 0.5) is 0 Å². The summed E-state index contributed by atoms with van der Waals surface area (Å²) in [4.78, 5) is 27.8. The first kappa shape index (κ1) is 11.9. The highest BCUT2D eigenvalue weighted by Crippen LogP contribution is 2.27. The van der Waals surface area contributed by atoms with Gasteiger partial charge in [-0.2, -0.15) is 0 Å². The third-order valence-electron chi connectivity index (χ3n) is 2.85. The second kappa shape index (κ2) is 5.14. The molecule has 1 fully saturated rings. The van der Waals surface area contributed by atoms with Gasteiger partial charge < -0.3 is 15.6 Å². The van der Waals surface area contributed by atoms with Crippen molar-refractivity contribution in [2.24, 2.45) is 5.73 Å². The van der Waals surface area contributed by atoms with E-state index in [0.717, 1.165) is 19.3 Å². The summed E-state index contributed by atoms with van der Waals surface area (Å²) < 4.78 is 0. The van der Waals surface area contributed by atoms with Crippen molar-refractivity contribution in [3.63, 3.8) is 0 Å². The fourth-order valence-electron chi connectivity index (χ4n) is 1.83. The average Bonchev–Trinajstić information content (AvgIpc) is 3.14. The van der Waals surface area contributed by atoms with Gasteiger partial charge in [-0.1, -0.05) is 6.07 Å². The van der Waals surface area contributed by atoms with E-state index >= 15 is 0 Å².